The maximum absolute atomic E-state index is 13.9. The Bertz CT molecular complexity index is 1260. The fourth-order valence-electron chi connectivity index (χ4n) is 6.36. The maximum Gasteiger partial charge on any atom is 0.239 e. The van der Waals surface area contributed by atoms with Crippen molar-refractivity contribution in [1.29, 1.82) is 0 Å². The standard InChI is InChI=1S/C27H21NO4/c1-15(29)27-20-9-5-3-7-18(20)22(19-8-4-6-10-21(19)27)23-24(27)26(31)28(25(23)30)16-11-13-17(32-2)14-12-16/h3-14,22-24H,1-2H3/t22?,23-,24-,27?/m0/s1. The van der Waals surface area contributed by atoms with Crippen molar-refractivity contribution < 1.29 is 19.1 Å². The van der Waals surface area contributed by atoms with Gasteiger partial charge in [0.2, 0.25) is 11.8 Å². The molecule has 0 radical (unpaired) electrons. The molecule has 2 amide bonds. The topological polar surface area (TPSA) is 63.7 Å². The molecule has 0 aromatic heterocycles. The molecule has 7 rings (SSSR count). The van der Waals surface area contributed by atoms with Gasteiger partial charge in [-0.25, -0.2) is 4.90 Å². The van der Waals surface area contributed by atoms with Crippen LogP contribution in [0.1, 0.15) is 35.1 Å². The van der Waals surface area contributed by atoms with Gasteiger partial charge in [-0.2, -0.15) is 0 Å². The number of nitrogens with zero attached hydrogens (tertiary/aromatic N) is 1. The van der Waals surface area contributed by atoms with E-state index in [2.05, 4.69) is 0 Å². The van der Waals surface area contributed by atoms with E-state index in [1.807, 2.05) is 48.5 Å². The Balaban J connectivity index is 1.63. The molecule has 3 aromatic carbocycles. The first-order valence-corrected chi connectivity index (χ1v) is 10.7. The minimum Gasteiger partial charge on any atom is -0.497 e. The zero-order valence-corrected chi connectivity index (χ0v) is 17.7. The fraction of sp³-hybridized carbons (Fsp3) is 0.222. The maximum atomic E-state index is 13.9. The van der Waals surface area contributed by atoms with E-state index < -0.39 is 17.3 Å². The van der Waals surface area contributed by atoms with Crippen molar-refractivity contribution in [3.8, 4) is 5.75 Å². The molecule has 5 heteroatoms. The molecule has 0 N–H and O–H groups in total. The summed E-state index contributed by atoms with van der Waals surface area (Å²) < 4.78 is 5.22. The highest BCUT2D eigenvalue weighted by Crippen LogP contribution is 2.64. The highest BCUT2D eigenvalue weighted by Gasteiger charge is 2.69. The summed E-state index contributed by atoms with van der Waals surface area (Å²) in [6.07, 6.45) is 0. The Hall–Kier alpha value is -3.73. The lowest BCUT2D eigenvalue weighted by Crippen LogP contribution is -2.57. The van der Waals surface area contributed by atoms with Crippen LogP contribution < -0.4 is 9.64 Å². The van der Waals surface area contributed by atoms with Gasteiger partial charge >= 0.3 is 0 Å². The fourth-order valence-corrected chi connectivity index (χ4v) is 6.36. The second kappa shape index (κ2) is 6.39. The number of hydrogen-bond acceptors (Lipinski definition) is 4. The Morgan fingerprint density at radius 3 is 1.94 bits per heavy atom. The van der Waals surface area contributed by atoms with E-state index >= 15 is 0 Å². The lowest BCUT2D eigenvalue weighted by Gasteiger charge is -2.52. The lowest BCUT2D eigenvalue weighted by atomic mass is 9.46. The third-order valence-electron chi connectivity index (χ3n) is 7.50. The lowest BCUT2D eigenvalue weighted by molar-refractivity contribution is -0.132. The normalized spacial score (nSPS) is 27.1. The number of carbonyl (C=O) groups excluding carboxylic acids is 3. The summed E-state index contributed by atoms with van der Waals surface area (Å²) in [6, 6.07) is 22.5. The summed E-state index contributed by atoms with van der Waals surface area (Å²) in [4.78, 5) is 42.6. The molecule has 32 heavy (non-hydrogen) atoms. The van der Waals surface area contributed by atoms with Gasteiger partial charge in [0.15, 0.2) is 0 Å². The Morgan fingerprint density at radius 2 is 1.41 bits per heavy atom. The van der Waals surface area contributed by atoms with Crippen LogP contribution in [-0.4, -0.2) is 24.7 Å². The summed E-state index contributed by atoms with van der Waals surface area (Å²) in [5, 5.41) is 0. The number of ether oxygens (including phenoxy) is 1. The average Bonchev–Trinajstić information content (AvgIpc) is 3.09. The molecule has 3 aliphatic carbocycles. The summed E-state index contributed by atoms with van der Waals surface area (Å²) in [5.41, 5.74) is 2.99. The molecule has 1 aliphatic heterocycles. The molecule has 2 bridgehead atoms. The minimum absolute atomic E-state index is 0.108. The minimum atomic E-state index is -1.17. The molecule has 1 saturated heterocycles. The third kappa shape index (κ3) is 2.06. The number of amides is 2. The number of hydrogen-bond donors (Lipinski definition) is 0. The van der Waals surface area contributed by atoms with Crippen LogP contribution >= 0.6 is 0 Å². The smallest absolute Gasteiger partial charge is 0.239 e. The van der Waals surface area contributed by atoms with E-state index in [9.17, 15) is 14.4 Å². The van der Waals surface area contributed by atoms with Gasteiger partial charge in [-0.3, -0.25) is 14.4 Å². The first-order chi connectivity index (χ1) is 15.5. The van der Waals surface area contributed by atoms with Gasteiger partial charge in [-0.1, -0.05) is 48.5 Å². The summed E-state index contributed by atoms with van der Waals surface area (Å²) in [5.74, 6) is -1.65. The highest BCUT2D eigenvalue weighted by atomic mass is 16.5. The number of methoxy groups -OCH3 is 1. The van der Waals surface area contributed by atoms with Gasteiger partial charge in [0, 0.05) is 5.92 Å². The molecule has 4 aliphatic rings. The summed E-state index contributed by atoms with van der Waals surface area (Å²) >= 11 is 0. The number of Topliss-reactive ketones (excluding diaryl/α,β-unsaturated/α-hetero) is 1. The first-order valence-electron chi connectivity index (χ1n) is 10.7. The van der Waals surface area contributed by atoms with E-state index in [1.165, 1.54) is 4.90 Å². The molecular formula is C27H21NO4. The van der Waals surface area contributed by atoms with E-state index in [1.54, 1.807) is 38.3 Å². The second-order valence-corrected chi connectivity index (χ2v) is 8.73. The van der Waals surface area contributed by atoms with Crippen LogP contribution in [0.4, 0.5) is 5.69 Å². The van der Waals surface area contributed by atoms with Crippen molar-refractivity contribution >= 4 is 23.3 Å². The van der Waals surface area contributed by atoms with Crippen LogP contribution in [0.5, 0.6) is 5.75 Å². The highest BCUT2D eigenvalue weighted by molar-refractivity contribution is 6.25. The molecule has 5 nitrogen and oxygen atoms in total. The third-order valence-corrected chi connectivity index (χ3v) is 7.50. The molecule has 0 saturated carbocycles. The van der Waals surface area contributed by atoms with Crippen LogP contribution in [-0.2, 0) is 19.8 Å². The summed E-state index contributed by atoms with van der Waals surface area (Å²) in [7, 11) is 1.57. The first kappa shape index (κ1) is 19.0. The number of rotatable bonds is 3. The number of imide groups is 1. The molecular weight excluding hydrogens is 402 g/mol. The average molecular weight is 423 g/mol. The van der Waals surface area contributed by atoms with Crippen molar-refractivity contribution in [1.82, 2.24) is 0 Å². The van der Waals surface area contributed by atoms with Gasteiger partial charge < -0.3 is 4.74 Å². The molecule has 158 valence electrons. The van der Waals surface area contributed by atoms with Crippen molar-refractivity contribution in [2.24, 2.45) is 11.8 Å². The van der Waals surface area contributed by atoms with Gasteiger partial charge in [-0.15, -0.1) is 0 Å². The van der Waals surface area contributed by atoms with Crippen molar-refractivity contribution in [2.75, 3.05) is 12.0 Å². The van der Waals surface area contributed by atoms with Crippen molar-refractivity contribution in [2.45, 2.75) is 18.3 Å². The number of anilines is 1. The Kier molecular flexibility index (Phi) is 3.79. The molecule has 3 aromatic rings. The van der Waals surface area contributed by atoms with Gasteiger partial charge in [0.25, 0.3) is 0 Å². The molecule has 0 unspecified atom stereocenters. The Morgan fingerprint density at radius 1 is 0.844 bits per heavy atom. The van der Waals surface area contributed by atoms with Crippen LogP contribution in [0, 0.1) is 11.8 Å². The second-order valence-electron chi connectivity index (χ2n) is 8.73. The summed E-state index contributed by atoms with van der Waals surface area (Å²) in [6.45, 7) is 1.55. The zero-order valence-electron chi connectivity index (χ0n) is 17.7. The SMILES string of the molecule is COc1ccc(N2C(=O)[C@@H]3[C@@H](C2=O)C2c4ccccc4C3(C(C)=O)c3ccccc32)cc1. The van der Waals surface area contributed by atoms with Crippen LogP contribution in [0.25, 0.3) is 0 Å². The van der Waals surface area contributed by atoms with E-state index in [-0.39, 0.29) is 23.5 Å². The predicted octanol–water partition coefficient (Wildman–Crippen LogP) is 3.84. The monoisotopic (exact) mass is 423 g/mol. The quantitative estimate of drug-likeness (QED) is 0.601. The van der Waals surface area contributed by atoms with E-state index in [4.69, 9.17) is 4.74 Å². The van der Waals surface area contributed by atoms with Crippen molar-refractivity contribution in [3.05, 3.63) is 95.1 Å². The number of benzene rings is 3. The Labute approximate surface area is 185 Å². The zero-order chi connectivity index (χ0) is 22.2. The molecule has 1 fully saturated rings. The largest absolute Gasteiger partial charge is 0.497 e. The molecule has 2 atom stereocenters. The number of carbonyl (C=O) groups is 3. The van der Waals surface area contributed by atoms with Crippen LogP contribution in [0.2, 0.25) is 0 Å². The van der Waals surface area contributed by atoms with E-state index in [0.717, 1.165) is 22.3 Å². The number of ketones is 1. The van der Waals surface area contributed by atoms with Crippen LogP contribution in [0.3, 0.4) is 0 Å². The molecule has 1 heterocycles. The van der Waals surface area contributed by atoms with Gasteiger partial charge in [-0.05, 0) is 53.4 Å². The molecule has 0 spiro atoms. The van der Waals surface area contributed by atoms with Crippen molar-refractivity contribution in [3.63, 3.8) is 0 Å². The van der Waals surface area contributed by atoms with Gasteiger partial charge in [0.05, 0.1) is 30.0 Å². The van der Waals surface area contributed by atoms with E-state index in [0.29, 0.717) is 11.4 Å². The van der Waals surface area contributed by atoms with Gasteiger partial charge in [0.1, 0.15) is 11.5 Å². The van der Waals surface area contributed by atoms with Crippen LogP contribution in [0.15, 0.2) is 72.8 Å². The predicted molar refractivity (Wildman–Crippen MR) is 119 cm³/mol.